The number of piperazine rings is 2. The fraction of sp³-hybridized carbons (Fsp3) is 0.381. The number of fused-ring (bicyclic) bond motifs is 1. The molecule has 2 fully saturated rings. The van der Waals surface area contributed by atoms with Crippen molar-refractivity contribution < 1.29 is 9.53 Å². The van der Waals surface area contributed by atoms with Crippen molar-refractivity contribution in [2.75, 3.05) is 32.7 Å². The van der Waals surface area contributed by atoms with Gasteiger partial charge in [-0.25, -0.2) is 0 Å². The van der Waals surface area contributed by atoms with E-state index in [4.69, 9.17) is 4.74 Å². The second-order valence-corrected chi connectivity index (χ2v) is 7.00. The summed E-state index contributed by atoms with van der Waals surface area (Å²) >= 11 is 0. The summed E-state index contributed by atoms with van der Waals surface area (Å²) in [4.78, 5) is 16.8. The molecule has 2 aromatic carbocycles. The van der Waals surface area contributed by atoms with Gasteiger partial charge in [0, 0.05) is 39.3 Å². The highest BCUT2D eigenvalue weighted by molar-refractivity contribution is 5.82. The summed E-state index contributed by atoms with van der Waals surface area (Å²) in [6.07, 6.45) is 0. The molecule has 0 radical (unpaired) electrons. The maximum absolute atomic E-state index is 12.1. The Bertz CT molecular complexity index is 750. The third kappa shape index (κ3) is 4.06. The lowest BCUT2D eigenvalue weighted by Crippen LogP contribution is -2.63. The van der Waals surface area contributed by atoms with E-state index in [2.05, 4.69) is 39.4 Å². The molecule has 0 aliphatic carbocycles. The molecule has 2 heterocycles. The van der Waals surface area contributed by atoms with Crippen molar-refractivity contribution in [3.8, 4) is 5.75 Å². The molecule has 1 amide bonds. The number of hydrogen-bond acceptors (Lipinski definition) is 4. The van der Waals surface area contributed by atoms with Crippen LogP contribution in [0.3, 0.4) is 0 Å². The van der Waals surface area contributed by atoms with Crippen molar-refractivity contribution in [1.82, 2.24) is 15.1 Å². The maximum Gasteiger partial charge on any atom is 0.238 e. The highest BCUT2D eigenvalue weighted by atomic mass is 16.5. The first-order chi connectivity index (χ1) is 12.8. The van der Waals surface area contributed by atoms with Crippen LogP contribution in [0.2, 0.25) is 0 Å². The SMILES string of the molecule is O=C1NCCN2CCN(Cc3cccc(OCc4ccccc4)c3)CC12. The Hall–Kier alpha value is -2.37. The molecule has 2 saturated heterocycles. The van der Waals surface area contributed by atoms with Crippen LogP contribution in [0.1, 0.15) is 11.1 Å². The Morgan fingerprint density at radius 3 is 2.73 bits per heavy atom. The summed E-state index contributed by atoms with van der Waals surface area (Å²) in [6, 6.07) is 18.5. The average Bonchev–Trinajstić information content (AvgIpc) is 2.68. The van der Waals surface area contributed by atoms with Gasteiger partial charge in [-0.1, -0.05) is 42.5 Å². The fourth-order valence-corrected chi connectivity index (χ4v) is 3.71. The lowest BCUT2D eigenvalue weighted by atomic mass is 10.1. The molecule has 136 valence electrons. The van der Waals surface area contributed by atoms with E-state index in [1.165, 1.54) is 5.56 Å². The zero-order valence-corrected chi connectivity index (χ0v) is 14.9. The number of ether oxygens (including phenoxy) is 1. The van der Waals surface area contributed by atoms with Gasteiger partial charge in [-0.15, -0.1) is 0 Å². The van der Waals surface area contributed by atoms with Crippen LogP contribution in [0, 0.1) is 0 Å². The normalized spacial score (nSPS) is 21.1. The van der Waals surface area contributed by atoms with Crippen molar-refractivity contribution in [1.29, 1.82) is 0 Å². The van der Waals surface area contributed by atoms with E-state index in [1.54, 1.807) is 0 Å². The zero-order valence-electron chi connectivity index (χ0n) is 14.9. The largest absolute Gasteiger partial charge is 0.489 e. The van der Waals surface area contributed by atoms with Crippen molar-refractivity contribution in [2.45, 2.75) is 19.2 Å². The van der Waals surface area contributed by atoms with Gasteiger partial charge in [0.15, 0.2) is 0 Å². The summed E-state index contributed by atoms with van der Waals surface area (Å²) < 4.78 is 5.93. The van der Waals surface area contributed by atoms with Crippen LogP contribution in [0.4, 0.5) is 0 Å². The Morgan fingerprint density at radius 1 is 1.00 bits per heavy atom. The van der Waals surface area contributed by atoms with Crippen LogP contribution in [0.15, 0.2) is 54.6 Å². The molecule has 1 atom stereocenters. The Morgan fingerprint density at radius 2 is 1.85 bits per heavy atom. The van der Waals surface area contributed by atoms with E-state index in [1.807, 2.05) is 30.3 Å². The van der Waals surface area contributed by atoms with Gasteiger partial charge in [-0.3, -0.25) is 14.6 Å². The average molecular weight is 351 g/mol. The van der Waals surface area contributed by atoms with E-state index in [0.29, 0.717) is 6.61 Å². The van der Waals surface area contributed by atoms with Crippen molar-refractivity contribution in [2.24, 2.45) is 0 Å². The third-order valence-electron chi connectivity index (χ3n) is 5.13. The van der Waals surface area contributed by atoms with Crippen LogP contribution in [-0.2, 0) is 17.9 Å². The van der Waals surface area contributed by atoms with Crippen LogP contribution in [0.25, 0.3) is 0 Å². The quantitative estimate of drug-likeness (QED) is 0.893. The second kappa shape index (κ2) is 7.89. The Balaban J connectivity index is 1.35. The molecule has 26 heavy (non-hydrogen) atoms. The van der Waals surface area contributed by atoms with E-state index in [0.717, 1.165) is 50.6 Å². The number of amides is 1. The predicted octanol–water partition coefficient (Wildman–Crippen LogP) is 1.88. The van der Waals surface area contributed by atoms with Gasteiger partial charge in [-0.05, 0) is 23.3 Å². The first kappa shape index (κ1) is 17.1. The summed E-state index contributed by atoms with van der Waals surface area (Å²) in [5.74, 6) is 1.06. The van der Waals surface area contributed by atoms with Crippen LogP contribution < -0.4 is 10.1 Å². The molecule has 2 aromatic rings. The minimum absolute atomic E-state index is 0.00462. The molecule has 5 heteroatoms. The molecule has 0 bridgehead atoms. The number of benzene rings is 2. The Labute approximate surface area is 154 Å². The molecular weight excluding hydrogens is 326 g/mol. The number of carbonyl (C=O) groups is 1. The first-order valence-electron chi connectivity index (χ1n) is 9.28. The smallest absolute Gasteiger partial charge is 0.238 e. The van der Waals surface area contributed by atoms with E-state index < -0.39 is 0 Å². The van der Waals surface area contributed by atoms with Crippen LogP contribution in [-0.4, -0.2) is 54.5 Å². The number of carbonyl (C=O) groups excluding carboxylic acids is 1. The summed E-state index contributed by atoms with van der Waals surface area (Å²) in [6.45, 7) is 5.91. The first-order valence-corrected chi connectivity index (χ1v) is 9.28. The molecule has 0 saturated carbocycles. The minimum Gasteiger partial charge on any atom is -0.489 e. The molecule has 0 spiro atoms. The topological polar surface area (TPSA) is 44.8 Å². The lowest BCUT2D eigenvalue weighted by Gasteiger charge is -2.43. The second-order valence-electron chi connectivity index (χ2n) is 7.00. The van der Waals surface area contributed by atoms with E-state index in [9.17, 15) is 4.79 Å². The highest BCUT2D eigenvalue weighted by Crippen LogP contribution is 2.19. The standard InChI is InChI=1S/C21H25N3O2/c25-21-20-15-23(11-12-24(20)10-9-22-21)14-18-7-4-8-19(13-18)26-16-17-5-2-1-3-6-17/h1-8,13,20H,9-12,14-16H2,(H,22,25). The molecule has 4 rings (SSSR count). The summed E-state index contributed by atoms with van der Waals surface area (Å²) in [7, 11) is 0. The number of rotatable bonds is 5. The van der Waals surface area contributed by atoms with Gasteiger partial charge in [-0.2, -0.15) is 0 Å². The van der Waals surface area contributed by atoms with Gasteiger partial charge in [0.05, 0.1) is 0 Å². The minimum atomic E-state index is -0.00462. The van der Waals surface area contributed by atoms with Gasteiger partial charge >= 0.3 is 0 Å². The van der Waals surface area contributed by atoms with Crippen molar-refractivity contribution in [3.63, 3.8) is 0 Å². The molecule has 1 N–H and O–H groups in total. The van der Waals surface area contributed by atoms with Gasteiger partial charge in [0.2, 0.25) is 5.91 Å². The van der Waals surface area contributed by atoms with Gasteiger partial charge in [0.1, 0.15) is 18.4 Å². The van der Waals surface area contributed by atoms with Gasteiger partial charge < -0.3 is 10.1 Å². The fourth-order valence-electron chi connectivity index (χ4n) is 3.71. The summed E-state index contributed by atoms with van der Waals surface area (Å²) in [5, 5.41) is 2.98. The van der Waals surface area contributed by atoms with E-state index in [-0.39, 0.29) is 11.9 Å². The van der Waals surface area contributed by atoms with Crippen LogP contribution >= 0.6 is 0 Å². The molecular formula is C21H25N3O2. The van der Waals surface area contributed by atoms with Gasteiger partial charge in [0.25, 0.3) is 0 Å². The highest BCUT2D eigenvalue weighted by Gasteiger charge is 2.34. The molecule has 2 aliphatic heterocycles. The molecule has 1 unspecified atom stereocenters. The molecule has 0 aromatic heterocycles. The zero-order chi connectivity index (χ0) is 17.8. The number of nitrogens with one attached hydrogen (secondary N) is 1. The van der Waals surface area contributed by atoms with Crippen LogP contribution in [0.5, 0.6) is 5.75 Å². The molecule has 2 aliphatic rings. The van der Waals surface area contributed by atoms with Crippen molar-refractivity contribution >= 4 is 5.91 Å². The van der Waals surface area contributed by atoms with Crippen molar-refractivity contribution in [3.05, 3.63) is 65.7 Å². The summed E-state index contributed by atoms with van der Waals surface area (Å²) in [5.41, 5.74) is 2.39. The maximum atomic E-state index is 12.1. The number of hydrogen-bond donors (Lipinski definition) is 1. The molecule has 5 nitrogen and oxygen atoms in total. The predicted molar refractivity (Wildman–Crippen MR) is 101 cm³/mol. The monoisotopic (exact) mass is 351 g/mol. The van der Waals surface area contributed by atoms with E-state index >= 15 is 0 Å². The third-order valence-corrected chi connectivity index (χ3v) is 5.13. The lowest BCUT2D eigenvalue weighted by molar-refractivity contribution is -0.131. The number of nitrogens with zero attached hydrogens (tertiary/aromatic N) is 2. The Kier molecular flexibility index (Phi) is 5.18.